The van der Waals surface area contributed by atoms with Crippen molar-refractivity contribution in [3.63, 3.8) is 0 Å². The highest BCUT2D eigenvalue weighted by atomic mass is 19.1. The molecule has 0 aliphatic rings. The SMILES string of the molecule is COc1ccc(NC(=O)COc2ccc(F)cc2)cc1F. The van der Waals surface area contributed by atoms with Crippen LogP contribution in [0.25, 0.3) is 0 Å². The lowest BCUT2D eigenvalue weighted by Gasteiger charge is -2.08. The van der Waals surface area contributed by atoms with Gasteiger partial charge in [0.1, 0.15) is 11.6 Å². The van der Waals surface area contributed by atoms with Crippen LogP contribution >= 0.6 is 0 Å². The first-order chi connectivity index (χ1) is 10.1. The molecule has 0 aliphatic heterocycles. The average Bonchev–Trinajstić information content (AvgIpc) is 2.47. The van der Waals surface area contributed by atoms with Gasteiger partial charge in [-0.15, -0.1) is 0 Å². The molecule has 1 N–H and O–H groups in total. The van der Waals surface area contributed by atoms with Crippen molar-refractivity contribution in [2.24, 2.45) is 0 Å². The molecular weight excluding hydrogens is 280 g/mol. The summed E-state index contributed by atoms with van der Waals surface area (Å²) in [5.74, 6) is -0.956. The van der Waals surface area contributed by atoms with E-state index in [9.17, 15) is 13.6 Å². The molecule has 0 radical (unpaired) electrons. The fraction of sp³-hybridized carbons (Fsp3) is 0.133. The number of rotatable bonds is 5. The predicted octanol–water partition coefficient (Wildman–Crippen LogP) is 2.99. The lowest BCUT2D eigenvalue weighted by atomic mass is 10.3. The van der Waals surface area contributed by atoms with Gasteiger partial charge >= 0.3 is 0 Å². The van der Waals surface area contributed by atoms with Gasteiger partial charge in [0.2, 0.25) is 0 Å². The summed E-state index contributed by atoms with van der Waals surface area (Å²) in [5.41, 5.74) is 0.293. The van der Waals surface area contributed by atoms with Crippen LogP contribution in [0.1, 0.15) is 0 Å². The van der Waals surface area contributed by atoms with Gasteiger partial charge in [-0.25, -0.2) is 8.78 Å². The summed E-state index contributed by atoms with van der Waals surface area (Å²) in [6.45, 7) is -0.265. The monoisotopic (exact) mass is 293 g/mol. The van der Waals surface area contributed by atoms with Crippen LogP contribution in [0.2, 0.25) is 0 Å². The molecule has 2 rings (SSSR count). The van der Waals surface area contributed by atoms with Gasteiger partial charge in [0.15, 0.2) is 18.2 Å². The first-order valence-corrected chi connectivity index (χ1v) is 6.10. The van der Waals surface area contributed by atoms with Crippen LogP contribution in [-0.4, -0.2) is 19.6 Å². The summed E-state index contributed by atoms with van der Waals surface area (Å²) < 4.78 is 36.1. The molecule has 0 aromatic heterocycles. The number of nitrogens with one attached hydrogen (secondary N) is 1. The Bertz CT molecular complexity index is 629. The van der Waals surface area contributed by atoms with Crippen LogP contribution in [0.5, 0.6) is 11.5 Å². The summed E-state index contributed by atoms with van der Waals surface area (Å²) in [6, 6.07) is 9.35. The number of ether oxygens (including phenoxy) is 2. The Morgan fingerprint density at radius 3 is 2.48 bits per heavy atom. The summed E-state index contributed by atoms with van der Waals surface area (Å²) in [4.78, 5) is 11.7. The van der Waals surface area contributed by atoms with E-state index in [1.807, 2.05) is 0 Å². The normalized spacial score (nSPS) is 10.0. The van der Waals surface area contributed by atoms with Gasteiger partial charge < -0.3 is 14.8 Å². The smallest absolute Gasteiger partial charge is 0.262 e. The summed E-state index contributed by atoms with van der Waals surface area (Å²) in [5, 5.41) is 2.48. The van der Waals surface area contributed by atoms with Gasteiger partial charge in [-0.1, -0.05) is 0 Å². The minimum absolute atomic E-state index is 0.0931. The summed E-state index contributed by atoms with van der Waals surface area (Å²) in [7, 11) is 1.35. The van der Waals surface area contributed by atoms with Crippen molar-refractivity contribution in [1.29, 1.82) is 0 Å². The zero-order valence-corrected chi connectivity index (χ0v) is 11.2. The highest BCUT2D eigenvalue weighted by molar-refractivity contribution is 5.91. The van der Waals surface area contributed by atoms with Gasteiger partial charge in [-0.05, 0) is 36.4 Å². The first kappa shape index (κ1) is 14.8. The Kier molecular flexibility index (Phi) is 4.71. The van der Waals surface area contributed by atoms with Crippen LogP contribution in [0.15, 0.2) is 42.5 Å². The van der Waals surface area contributed by atoms with Crippen LogP contribution in [0.4, 0.5) is 14.5 Å². The van der Waals surface area contributed by atoms with E-state index in [0.717, 1.165) is 6.07 Å². The molecule has 0 bridgehead atoms. The van der Waals surface area contributed by atoms with E-state index in [1.54, 1.807) is 0 Å². The fourth-order valence-electron chi connectivity index (χ4n) is 1.62. The van der Waals surface area contributed by atoms with E-state index >= 15 is 0 Å². The molecule has 0 heterocycles. The Hall–Kier alpha value is -2.63. The van der Waals surface area contributed by atoms with Gasteiger partial charge in [-0.2, -0.15) is 0 Å². The maximum absolute atomic E-state index is 13.4. The highest BCUT2D eigenvalue weighted by Gasteiger charge is 2.07. The van der Waals surface area contributed by atoms with Gasteiger partial charge in [-0.3, -0.25) is 4.79 Å². The quantitative estimate of drug-likeness (QED) is 0.922. The number of carbonyl (C=O) groups is 1. The molecule has 0 saturated heterocycles. The molecule has 1 amide bonds. The second-order valence-electron chi connectivity index (χ2n) is 4.14. The second kappa shape index (κ2) is 6.69. The van der Waals surface area contributed by atoms with Crippen molar-refractivity contribution in [2.75, 3.05) is 19.0 Å². The van der Waals surface area contributed by atoms with E-state index in [2.05, 4.69) is 5.32 Å². The predicted molar refractivity (Wildman–Crippen MR) is 73.5 cm³/mol. The molecule has 0 aliphatic carbocycles. The Morgan fingerprint density at radius 2 is 1.86 bits per heavy atom. The maximum Gasteiger partial charge on any atom is 0.262 e. The number of hydrogen-bond donors (Lipinski definition) is 1. The van der Waals surface area contributed by atoms with Crippen LogP contribution in [-0.2, 0) is 4.79 Å². The molecule has 0 saturated carbocycles. The lowest BCUT2D eigenvalue weighted by Crippen LogP contribution is -2.20. The number of amides is 1. The molecule has 21 heavy (non-hydrogen) atoms. The molecule has 0 fully saturated rings. The largest absolute Gasteiger partial charge is 0.494 e. The summed E-state index contributed by atoms with van der Waals surface area (Å²) >= 11 is 0. The molecule has 4 nitrogen and oxygen atoms in total. The minimum Gasteiger partial charge on any atom is -0.494 e. The first-order valence-electron chi connectivity index (χ1n) is 6.10. The topological polar surface area (TPSA) is 47.6 Å². The van der Waals surface area contributed by atoms with Crippen molar-refractivity contribution < 1.29 is 23.0 Å². The third-order valence-electron chi connectivity index (χ3n) is 2.62. The Balaban J connectivity index is 1.89. The molecule has 0 unspecified atom stereocenters. The molecule has 0 spiro atoms. The van der Waals surface area contributed by atoms with Gasteiger partial charge in [0.05, 0.1) is 7.11 Å². The van der Waals surface area contributed by atoms with E-state index in [1.165, 1.54) is 43.5 Å². The van der Waals surface area contributed by atoms with Crippen LogP contribution < -0.4 is 14.8 Å². The highest BCUT2D eigenvalue weighted by Crippen LogP contribution is 2.20. The molecule has 6 heteroatoms. The number of methoxy groups -OCH3 is 1. The van der Waals surface area contributed by atoms with Crippen molar-refractivity contribution in [2.45, 2.75) is 0 Å². The molecule has 0 atom stereocenters. The van der Waals surface area contributed by atoms with Crippen molar-refractivity contribution in [1.82, 2.24) is 0 Å². The lowest BCUT2D eigenvalue weighted by molar-refractivity contribution is -0.118. The number of carbonyl (C=O) groups excluding carboxylic acids is 1. The van der Waals surface area contributed by atoms with Crippen LogP contribution in [0, 0.1) is 11.6 Å². The fourth-order valence-corrected chi connectivity index (χ4v) is 1.62. The van der Waals surface area contributed by atoms with E-state index in [4.69, 9.17) is 9.47 Å². The standard InChI is InChI=1S/C15H13F2NO3/c1-20-14-7-4-11(8-13(14)17)18-15(19)9-21-12-5-2-10(16)3-6-12/h2-8H,9H2,1H3,(H,18,19). The van der Waals surface area contributed by atoms with E-state index in [-0.39, 0.29) is 18.2 Å². The zero-order chi connectivity index (χ0) is 15.2. The van der Waals surface area contributed by atoms with Crippen molar-refractivity contribution in [3.8, 4) is 11.5 Å². The summed E-state index contributed by atoms with van der Waals surface area (Å²) in [6.07, 6.45) is 0. The number of benzene rings is 2. The van der Waals surface area contributed by atoms with E-state index in [0.29, 0.717) is 11.4 Å². The second-order valence-corrected chi connectivity index (χ2v) is 4.14. The molecule has 110 valence electrons. The van der Waals surface area contributed by atoms with E-state index < -0.39 is 11.7 Å². The molecule has 2 aromatic carbocycles. The Labute approximate surface area is 120 Å². The van der Waals surface area contributed by atoms with Crippen molar-refractivity contribution >= 4 is 11.6 Å². The average molecular weight is 293 g/mol. The zero-order valence-electron chi connectivity index (χ0n) is 11.2. The van der Waals surface area contributed by atoms with Gasteiger partial charge in [0.25, 0.3) is 5.91 Å². The number of hydrogen-bond acceptors (Lipinski definition) is 3. The van der Waals surface area contributed by atoms with Crippen LogP contribution in [0.3, 0.4) is 0 Å². The minimum atomic E-state index is -0.574. The maximum atomic E-state index is 13.4. The number of halogens is 2. The number of anilines is 1. The molecule has 2 aromatic rings. The van der Waals surface area contributed by atoms with Crippen molar-refractivity contribution in [3.05, 3.63) is 54.1 Å². The third-order valence-corrected chi connectivity index (χ3v) is 2.62. The third kappa shape index (κ3) is 4.17. The molecular formula is C15H13F2NO3. The van der Waals surface area contributed by atoms with Gasteiger partial charge in [0, 0.05) is 11.8 Å². The Morgan fingerprint density at radius 1 is 1.14 bits per heavy atom.